The van der Waals surface area contributed by atoms with Gasteiger partial charge < -0.3 is 9.84 Å². The van der Waals surface area contributed by atoms with E-state index in [1.54, 1.807) is 12.1 Å². The average molecular weight is 248 g/mol. The van der Waals surface area contributed by atoms with E-state index in [0.717, 1.165) is 5.56 Å². The number of rotatable bonds is 6. The third-order valence-corrected chi connectivity index (χ3v) is 1.99. The Hall–Kier alpha value is -2.14. The first kappa shape index (κ1) is 13.9. The Kier molecular flexibility index (Phi) is 5.60. The summed E-state index contributed by atoms with van der Waals surface area (Å²) in [5.41, 5.74) is 3.00. The van der Waals surface area contributed by atoms with Crippen LogP contribution in [0.3, 0.4) is 0 Å². The van der Waals surface area contributed by atoms with Gasteiger partial charge in [-0.3, -0.25) is 4.79 Å². The molecule has 18 heavy (non-hydrogen) atoms. The zero-order chi connectivity index (χ0) is 13.4. The summed E-state index contributed by atoms with van der Waals surface area (Å²) in [6.07, 6.45) is 2.05. The smallest absolute Gasteiger partial charge is 0.268 e. The normalized spacial score (nSPS) is 12.1. The number of aliphatic hydroxyl groups is 1. The van der Waals surface area contributed by atoms with Crippen molar-refractivity contribution in [2.75, 3.05) is 6.61 Å². The van der Waals surface area contributed by atoms with Crippen LogP contribution in [0.5, 0.6) is 5.75 Å². The first-order chi connectivity index (χ1) is 8.63. The van der Waals surface area contributed by atoms with Crippen molar-refractivity contribution < 1.29 is 14.6 Å². The molecule has 96 valence electrons. The number of carbonyl (C=O) groups is 1. The first-order valence-corrected chi connectivity index (χ1v) is 5.48. The van der Waals surface area contributed by atoms with E-state index in [2.05, 4.69) is 17.1 Å². The van der Waals surface area contributed by atoms with Gasteiger partial charge in [-0.2, -0.15) is 5.10 Å². The summed E-state index contributed by atoms with van der Waals surface area (Å²) in [4.78, 5) is 11.0. The lowest BCUT2D eigenvalue weighted by molar-refractivity contribution is -0.128. The Balaban J connectivity index is 2.58. The van der Waals surface area contributed by atoms with E-state index >= 15 is 0 Å². The van der Waals surface area contributed by atoms with E-state index in [9.17, 15) is 4.79 Å². The SMILES string of the molecule is C=CCOc1cccc(/C=N\NC(=O)[C@@H](C)O)c1. The fourth-order valence-electron chi connectivity index (χ4n) is 1.10. The van der Waals surface area contributed by atoms with Crippen molar-refractivity contribution in [2.24, 2.45) is 5.10 Å². The van der Waals surface area contributed by atoms with Crippen LogP contribution in [0.2, 0.25) is 0 Å². The van der Waals surface area contributed by atoms with Crippen molar-refractivity contribution >= 4 is 12.1 Å². The third-order valence-electron chi connectivity index (χ3n) is 1.99. The lowest BCUT2D eigenvalue weighted by Crippen LogP contribution is -2.28. The largest absolute Gasteiger partial charge is 0.490 e. The molecular formula is C13H16N2O3. The molecule has 0 aromatic heterocycles. The van der Waals surface area contributed by atoms with Crippen LogP contribution in [0.1, 0.15) is 12.5 Å². The third kappa shape index (κ3) is 4.80. The average Bonchev–Trinajstić information content (AvgIpc) is 2.36. The van der Waals surface area contributed by atoms with E-state index in [1.165, 1.54) is 13.1 Å². The standard InChI is InChI=1S/C13H16N2O3/c1-3-7-18-12-6-4-5-11(8-12)9-14-15-13(17)10(2)16/h3-6,8-10,16H,1,7H2,2H3,(H,15,17)/b14-9-/t10-/m1/s1. The van der Waals surface area contributed by atoms with E-state index in [4.69, 9.17) is 9.84 Å². The van der Waals surface area contributed by atoms with Crippen LogP contribution < -0.4 is 10.2 Å². The molecule has 0 aliphatic heterocycles. The Morgan fingerprint density at radius 1 is 1.67 bits per heavy atom. The lowest BCUT2D eigenvalue weighted by atomic mass is 10.2. The molecular weight excluding hydrogens is 232 g/mol. The second-order valence-corrected chi connectivity index (χ2v) is 3.58. The molecule has 1 amide bonds. The summed E-state index contributed by atoms with van der Waals surface area (Å²) in [5, 5.41) is 12.7. The fourth-order valence-corrected chi connectivity index (χ4v) is 1.10. The molecule has 2 N–H and O–H groups in total. The lowest BCUT2D eigenvalue weighted by Gasteiger charge is -2.03. The van der Waals surface area contributed by atoms with Crippen LogP contribution in [0, 0.1) is 0 Å². The van der Waals surface area contributed by atoms with Crippen molar-refractivity contribution in [3.8, 4) is 5.75 Å². The number of nitrogens with zero attached hydrogens (tertiary/aromatic N) is 1. The van der Waals surface area contributed by atoms with Crippen LogP contribution in [-0.4, -0.2) is 29.9 Å². The van der Waals surface area contributed by atoms with E-state index in [0.29, 0.717) is 12.4 Å². The van der Waals surface area contributed by atoms with Crippen molar-refractivity contribution in [2.45, 2.75) is 13.0 Å². The number of benzene rings is 1. The molecule has 0 aliphatic rings. The molecule has 5 nitrogen and oxygen atoms in total. The topological polar surface area (TPSA) is 70.9 Å². The van der Waals surface area contributed by atoms with Crippen molar-refractivity contribution in [1.29, 1.82) is 0 Å². The zero-order valence-corrected chi connectivity index (χ0v) is 10.2. The summed E-state index contributed by atoms with van der Waals surface area (Å²) in [7, 11) is 0. The Morgan fingerprint density at radius 3 is 3.11 bits per heavy atom. The first-order valence-electron chi connectivity index (χ1n) is 5.48. The van der Waals surface area contributed by atoms with Crippen LogP contribution in [0.4, 0.5) is 0 Å². The minimum Gasteiger partial charge on any atom is -0.490 e. The maximum Gasteiger partial charge on any atom is 0.268 e. The summed E-state index contributed by atoms with van der Waals surface area (Å²) in [6.45, 7) is 5.36. The molecule has 1 rings (SSSR count). The molecule has 1 aromatic carbocycles. The Morgan fingerprint density at radius 2 is 2.44 bits per heavy atom. The predicted molar refractivity (Wildman–Crippen MR) is 69.6 cm³/mol. The van der Waals surface area contributed by atoms with Gasteiger partial charge in [0.25, 0.3) is 5.91 Å². The van der Waals surface area contributed by atoms with Crippen LogP contribution >= 0.6 is 0 Å². The summed E-state index contributed by atoms with van der Waals surface area (Å²) < 4.78 is 5.35. The quantitative estimate of drug-likeness (QED) is 0.449. The number of hydrogen-bond donors (Lipinski definition) is 2. The van der Waals surface area contributed by atoms with Gasteiger partial charge in [0.2, 0.25) is 0 Å². The minimum absolute atomic E-state index is 0.430. The fraction of sp³-hybridized carbons (Fsp3) is 0.231. The van der Waals surface area contributed by atoms with Gasteiger partial charge in [-0.15, -0.1) is 0 Å². The number of carbonyl (C=O) groups excluding carboxylic acids is 1. The predicted octanol–water partition coefficient (Wildman–Crippen LogP) is 1.08. The van der Waals surface area contributed by atoms with E-state index in [1.807, 2.05) is 18.2 Å². The van der Waals surface area contributed by atoms with Gasteiger partial charge >= 0.3 is 0 Å². The molecule has 0 heterocycles. The molecule has 0 spiro atoms. The summed E-state index contributed by atoms with van der Waals surface area (Å²) in [5.74, 6) is 0.144. The maximum atomic E-state index is 11.0. The second-order valence-electron chi connectivity index (χ2n) is 3.58. The highest BCUT2D eigenvalue weighted by atomic mass is 16.5. The van der Waals surface area contributed by atoms with Gasteiger partial charge in [0.05, 0.1) is 6.21 Å². The molecule has 0 bridgehead atoms. The van der Waals surface area contributed by atoms with Crippen molar-refractivity contribution in [1.82, 2.24) is 5.43 Å². The number of hydrazone groups is 1. The van der Waals surface area contributed by atoms with Gasteiger partial charge in [-0.25, -0.2) is 5.43 Å². The highest BCUT2D eigenvalue weighted by Gasteiger charge is 2.05. The molecule has 0 aliphatic carbocycles. The van der Waals surface area contributed by atoms with Gasteiger partial charge in [0, 0.05) is 0 Å². The summed E-state index contributed by atoms with van der Waals surface area (Å²) >= 11 is 0. The number of nitrogens with one attached hydrogen (secondary N) is 1. The monoisotopic (exact) mass is 248 g/mol. The molecule has 0 saturated carbocycles. The molecule has 1 aromatic rings. The van der Waals surface area contributed by atoms with Crippen molar-refractivity contribution in [3.63, 3.8) is 0 Å². The number of hydrogen-bond acceptors (Lipinski definition) is 4. The van der Waals surface area contributed by atoms with Gasteiger partial charge in [0.15, 0.2) is 0 Å². The highest BCUT2D eigenvalue weighted by Crippen LogP contribution is 2.11. The van der Waals surface area contributed by atoms with Gasteiger partial charge in [-0.05, 0) is 24.6 Å². The Labute approximate surface area is 106 Å². The van der Waals surface area contributed by atoms with Crippen LogP contribution in [-0.2, 0) is 4.79 Å². The molecule has 0 radical (unpaired) electrons. The summed E-state index contributed by atoms with van der Waals surface area (Å²) in [6, 6.07) is 7.23. The molecule has 0 fully saturated rings. The molecule has 0 saturated heterocycles. The second kappa shape index (κ2) is 7.24. The molecule has 1 atom stereocenters. The van der Waals surface area contributed by atoms with Gasteiger partial charge in [-0.1, -0.05) is 24.8 Å². The zero-order valence-electron chi connectivity index (χ0n) is 10.2. The van der Waals surface area contributed by atoms with E-state index < -0.39 is 12.0 Å². The highest BCUT2D eigenvalue weighted by molar-refractivity contribution is 5.84. The number of aliphatic hydroxyl groups excluding tert-OH is 1. The van der Waals surface area contributed by atoms with E-state index in [-0.39, 0.29) is 0 Å². The Bertz CT molecular complexity index is 442. The van der Waals surface area contributed by atoms with Crippen molar-refractivity contribution in [3.05, 3.63) is 42.5 Å². The molecule has 5 heteroatoms. The van der Waals surface area contributed by atoms with Gasteiger partial charge in [0.1, 0.15) is 18.5 Å². The van der Waals surface area contributed by atoms with Crippen LogP contribution in [0.25, 0.3) is 0 Å². The minimum atomic E-state index is -1.08. The van der Waals surface area contributed by atoms with Crippen LogP contribution in [0.15, 0.2) is 42.0 Å². The molecule has 0 unspecified atom stereocenters. The number of ether oxygens (including phenoxy) is 1. The number of amides is 1. The maximum absolute atomic E-state index is 11.0.